The van der Waals surface area contributed by atoms with E-state index < -0.39 is 0 Å². The normalized spacial score (nSPS) is 13.2. The highest BCUT2D eigenvalue weighted by molar-refractivity contribution is 7.99. The number of aryl methyl sites for hydroxylation is 1. The highest BCUT2D eigenvalue weighted by Crippen LogP contribution is 2.43. The zero-order valence-electron chi connectivity index (χ0n) is 18.5. The molecule has 0 unspecified atom stereocenters. The van der Waals surface area contributed by atoms with E-state index in [4.69, 9.17) is 20.2 Å². The van der Waals surface area contributed by atoms with Crippen LogP contribution in [0.15, 0.2) is 41.0 Å². The molecule has 0 fully saturated rings. The van der Waals surface area contributed by atoms with E-state index in [9.17, 15) is 0 Å². The maximum atomic E-state index is 6.13. The standard InChI is InChI=1S/C22H26N8O2S/c1-13(2)25-4-3-5-30-21-19(20(23)27-12-28-21)29-22(30)33-18-9-17-16(31-6-7-32-17)8-14(18)15-10-24-11-26-15/h8-13,25H,3-7H2,1-2H3,(H,24,26)(H2,23,27,28). The van der Waals surface area contributed by atoms with Gasteiger partial charge in [-0.15, -0.1) is 0 Å². The van der Waals surface area contributed by atoms with Crippen LogP contribution in [0.2, 0.25) is 0 Å². The Morgan fingerprint density at radius 3 is 2.79 bits per heavy atom. The van der Waals surface area contributed by atoms with Gasteiger partial charge in [-0.2, -0.15) is 0 Å². The number of rotatable bonds is 8. The van der Waals surface area contributed by atoms with Crippen molar-refractivity contribution in [2.24, 2.45) is 0 Å². The van der Waals surface area contributed by atoms with Crippen LogP contribution >= 0.6 is 11.8 Å². The highest BCUT2D eigenvalue weighted by Gasteiger charge is 2.22. The first-order valence-corrected chi connectivity index (χ1v) is 11.7. The van der Waals surface area contributed by atoms with Gasteiger partial charge in [0.1, 0.15) is 19.5 Å². The van der Waals surface area contributed by atoms with Gasteiger partial charge in [0.25, 0.3) is 0 Å². The van der Waals surface area contributed by atoms with Gasteiger partial charge in [0.15, 0.2) is 33.6 Å². The first-order chi connectivity index (χ1) is 16.1. The van der Waals surface area contributed by atoms with Gasteiger partial charge in [-0.25, -0.2) is 19.9 Å². The number of H-pyrrole nitrogens is 1. The Labute approximate surface area is 195 Å². The summed E-state index contributed by atoms with van der Waals surface area (Å²) in [5.74, 6) is 1.81. The Balaban J connectivity index is 1.55. The molecule has 3 aromatic heterocycles. The topological polar surface area (TPSA) is 129 Å². The fraction of sp³-hybridized carbons (Fsp3) is 0.364. The van der Waals surface area contributed by atoms with Crippen molar-refractivity contribution in [1.82, 2.24) is 34.8 Å². The van der Waals surface area contributed by atoms with E-state index in [2.05, 4.69) is 43.7 Å². The summed E-state index contributed by atoms with van der Waals surface area (Å²) in [6, 6.07) is 4.41. The molecular formula is C22H26N8O2S. The second kappa shape index (κ2) is 9.28. The van der Waals surface area contributed by atoms with Gasteiger partial charge < -0.3 is 30.1 Å². The zero-order chi connectivity index (χ0) is 22.8. The van der Waals surface area contributed by atoms with Crippen LogP contribution in [0.3, 0.4) is 0 Å². The van der Waals surface area contributed by atoms with E-state index in [-0.39, 0.29) is 0 Å². The lowest BCUT2D eigenvalue weighted by Gasteiger charge is -2.20. The Hall–Kier alpha value is -3.31. The third kappa shape index (κ3) is 4.46. The van der Waals surface area contributed by atoms with Crippen LogP contribution in [0.4, 0.5) is 5.82 Å². The van der Waals surface area contributed by atoms with Crippen LogP contribution in [0, 0.1) is 0 Å². The average Bonchev–Trinajstić information content (AvgIpc) is 3.45. The summed E-state index contributed by atoms with van der Waals surface area (Å²) in [5.41, 5.74) is 9.31. The summed E-state index contributed by atoms with van der Waals surface area (Å²) in [7, 11) is 0. The summed E-state index contributed by atoms with van der Waals surface area (Å²) in [5, 5.41) is 4.25. The number of nitrogens with two attached hydrogens (primary N) is 1. The molecular weight excluding hydrogens is 440 g/mol. The van der Waals surface area contributed by atoms with Gasteiger partial charge in [-0.1, -0.05) is 25.6 Å². The fourth-order valence-electron chi connectivity index (χ4n) is 3.71. The number of hydrogen-bond donors (Lipinski definition) is 3. The van der Waals surface area contributed by atoms with Crippen LogP contribution < -0.4 is 20.5 Å². The second-order valence-corrected chi connectivity index (χ2v) is 9.01. The molecule has 0 aliphatic carbocycles. The Kier molecular flexibility index (Phi) is 6.05. The number of ether oxygens (including phenoxy) is 2. The zero-order valence-corrected chi connectivity index (χ0v) is 19.4. The Morgan fingerprint density at radius 1 is 1.21 bits per heavy atom. The summed E-state index contributed by atoms with van der Waals surface area (Å²) >= 11 is 1.54. The number of fused-ring (bicyclic) bond motifs is 2. The number of nitrogen functional groups attached to an aromatic ring is 1. The molecule has 33 heavy (non-hydrogen) atoms. The third-order valence-electron chi connectivity index (χ3n) is 5.27. The van der Waals surface area contributed by atoms with Crippen molar-refractivity contribution < 1.29 is 9.47 Å². The van der Waals surface area contributed by atoms with Crippen molar-refractivity contribution >= 4 is 28.7 Å². The van der Waals surface area contributed by atoms with Gasteiger partial charge in [0.05, 0.1) is 18.2 Å². The molecule has 0 spiro atoms. The smallest absolute Gasteiger partial charge is 0.175 e. The first-order valence-electron chi connectivity index (χ1n) is 10.9. The molecule has 0 radical (unpaired) electrons. The van der Waals surface area contributed by atoms with Gasteiger partial charge >= 0.3 is 0 Å². The number of aromatic amines is 1. The lowest BCUT2D eigenvalue weighted by molar-refractivity contribution is 0.171. The fourth-order valence-corrected chi connectivity index (χ4v) is 4.77. The number of anilines is 1. The molecule has 1 aromatic carbocycles. The number of nitrogens with zero attached hydrogens (tertiary/aromatic N) is 5. The van der Waals surface area contributed by atoms with E-state index in [1.165, 1.54) is 18.1 Å². The third-order valence-corrected chi connectivity index (χ3v) is 6.32. The molecule has 0 atom stereocenters. The number of benzene rings is 1. The molecule has 5 rings (SSSR count). The molecule has 0 amide bonds. The predicted molar refractivity (Wildman–Crippen MR) is 127 cm³/mol. The van der Waals surface area contributed by atoms with Crippen molar-refractivity contribution in [3.63, 3.8) is 0 Å². The number of nitrogens with one attached hydrogen (secondary N) is 2. The van der Waals surface area contributed by atoms with E-state index in [1.54, 1.807) is 12.5 Å². The van der Waals surface area contributed by atoms with Crippen LogP contribution in [0.5, 0.6) is 11.5 Å². The van der Waals surface area contributed by atoms with Gasteiger partial charge in [-0.05, 0) is 25.1 Å². The molecule has 0 saturated heterocycles. The molecule has 0 bridgehead atoms. The summed E-state index contributed by atoms with van der Waals surface area (Å²) in [6.45, 7) is 6.97. The molecule has 0 saturated carbocycles. The summed E-state index contributed by atoms with van der Waals surface area (Å²) < 4.78 is 13.8. The largest absolute Gasteiger partial charge is 0.486 e. The second-order valence-electron chi connectivity index (χ2n) is 8.00. The SMILES string of the molecule is CC(C)NCCCn1c(Sc2cc3c(cc2-c2cnc[nH]2)OCCO3)nc2c(N)ncnc21. The lowest BCUT2D eigenvalue weighted by atomic mass is 10.1. The van der Waals surface area contributed by atoms with Gasteiger partial charge in [0, 0.05) is 23.0 Å². The highest BCUT2D eigenvalue weighted by atomic mass is 32.2. The predicted octanol–water partition coefficient (Wildman–Crippen LogP) is 3.11. The molecule has 4 aromatic rings. The molecule has 10 nitrogen and oxygen atoms in total. The minimum atomic E-state index is 0.372. The van der Waals surface area contributed by atoms with E-state index in [0.29, 0.717) is 30.6 Å². The maximum Gasteiger partial charge on any atom is 0.175 e. The average molecular weight is 467 g/mol. The number of aromatic nitrogens is 6. The van der Waals surface area contributed by atoms with Crippen molar-refractivity contribution in [3.8, 4) is 22.8 Å². The van der Waals surface area contributed by atoms with Crippen molar-refractivity contribution in [3.05, 3.63) is 31.0 Å². The molecule has 11 heteroatoms. The maximum absolute atomic E-state index is 6.13. The van der Waals surface area contributed by atoms with E-state index in [1.807, 2.05) is 12.1 Å². The van der Waals surface area contributed by atoms with E-state index >= 15 is 0 Å². The minimum absolute atomic E-state index is 0.372. The molecule has 4 N–H and O–H groups in total. The van der Waals surface area contributed by atoms with Gasteiger partial charge in [-0.3, -0.25) is 0 Å². The van der Waals surface area contributed by atoms with Crippen LogP contribution in [0.25, 0.3) is 22.4 Å². The van der Waals surface area contributed by atoms with Crippen LogP contribution in [0.1, 0.15) is 20.3 Å². The Morgan fingerprint density at radius 2 is 2.03 bits per heavy atom. The van der Waals surface area contributed by atoms with Crippen molar-refractivity contribution in [1.29, 1.82) is 0 Å². The quantitative estimate of drug-likeness (QED) is 0.335. The number of hydrogen-bond acceptors (Lipinski definition) is 9. The van der Waals surface area contributed by atoms with E-state index in [0.717, 1.165) is 58.0 Å². The number of imidazole rings is 2. The van der Waals surface area contributed by atoms with Crippen molar-refractivity contribution in [2.45, 2.75) is 42.9 Å². The monoisotopic (exact) mass is 466 g/mol. The minimum Gasteiger partial charge on any atom is -0.486 e. The summed E-state index contributed by atoms with van der Waals surface area (Å²) in [6.07, 6.45) is 5.86. The first kappa shape index (κ1) is 21.5. The van der Waals surface area contributed by atoms with Crippen molar-refractivity contribution in [2.75, 3.05) is 25.5 Å². The summed E-state index contributed by atoms with van der Waals surface area (Å²) in [4.78, 5) is 21.8. The van der Waals surface area contributed by atoms with Crippen LogP contribution in [-0.2, 0) is 6.54 Å². The van der Waals surface area contributed by atoms with Gasteiger partial charge in [0.2, 0.25) is 0 Å². The Bertz CT molecular complexity index is 1260. The lowest BCUT2D eigenvalue weighted by Crippen LogP contribution is -2.24. The molecule has 172 valence electrons. The molecule has 1 aliphatic heterocycles. The molecule has 1 aliphatic rings. The van der Waals surface area contributed by atoms with Crippen LogP contribution in [-0.4, -0.2) is 55.3 Å². The molecule has 4 heterocycles.